The van der Waals surface area contributed by atoms with Crippen molar-refractivity contribution in [2.75, 3.05) is 26.3 Å². The number of amides is 1. The van der Waals surface area contributed by atoms with Gasteiger partial charge in [0.25, 0.3) is 0 Å². The van der Waals surface area contributed by atoms with Gasteiger partial charge in [-0.1, -0.05) is 31.5 Å². The molecule has 1 amide bonds. The minimum absolute atomic E-state index is 0.241. The number of unbranched alkanes of at least 4 members (excludes halogenated alkanes) is 1. The summed E-state index contributed by atoms with van der Waals surface area (Å²) in [5, 5.41) is 11.7. The average Bonchev–Trinajstić information content (AvgIpc) is 3.41. The van der Waals surface area contributed by atoms with Crippen molar-refractivity contribution in [3.8, 4) is 17.1 Å². The lowest BCUT2D eigenvalue weighted by Crippen LogP contribution is -2.40. The van der Waals surface area contributed by atoms with Gasteiger partial charge < -0.3 is 14.4 Å². The fourth-order valence-corrected chi connectivity index (χ4v) is 4.49. The van der Waals surface area contributed by atoms with E-state index >= 15 is 8.78 Å². The van der Waals surface area contributed by atoms with E-state index in [1.54, 1.807) is 30.0 Å². The van der Waals surface area contributed by atoms with E-state index in [2.05, 4.69) is 32.2 Å². The number of aryl methyl sites for hydroxylation is 1. The van der Waals surface area contributed by atoms with Crippen molar-refractivity contribution in [3.63, 3.8) is 0 Å². The molecule has 3 aromatic heterocycles. The molecule has 5 rings (SSSR count). The molecule has 210 valence electrons. The van der Waals surface area contributed by atoms with E-state index in [1.807, 2.05) is 0 Å². The summed E-state index contributed by atoms with van der Waals surface area (Å²) < 4.78 is 43.2. The molecule has 0 N–H and O–H groups in total. The van der Waals surface area contributed by atoms with Crippen molar-refractivity contribution in [3.05, 3.63) is 65.9 Å². The zero-order valence-electron chi connectivity index (χ0n) is 22.5. The molecular weight excluding hydrogens is 520 g/mol. The molecule has 40 heavy (non-hydrogen) atoms. The number of likely N-dealkylation sites (tertiary alicyclic amines) is 1. The highest BCUT2D eigenvalue weighted by Gasteiger charge is 2.40. The first-order chi connectivity index (χ1) is 19.3. The second-order valence-corrected chi connectivity index (χ2v) is 9.88. The summed E-state index contributed by atoms with van der Waals surface area (Å²) in [5.41, 5.74) is 0.972. The zero-order valence-corrected chi connectivity index (χ0v) is 22.5. The topological polar surface area (TPSA) is 108 Å². The van der Waals surface area contributed by atoms with Crippen LogP contribution in [0.3, 0.4) is 0 Å². The number of nitrogens with zero attached hydrogens (tertiary/aromatic N) is 7. The Morgan fingerprint density at radius 1 is 1.10 bits per heavy atom. The zero-order chi connectivity index (χ0) is 28.1. The Labute approximate surface area is 230 Å². The monoisotopic (exact) mass is 551 g/mol. The third-order valence-electron chi connectivity index (χ3n) is 6.87. The van der Waals surface area contributed by atoms with Gasteiger partial charge in [0.2, 0.25) is 5.82 Å². The third-order valence-corrected chi connectivity index (χ3v) is 6.87. The molecule has 12 heteroatoms. The van der Waals surface area contributed by atoms with Crippen LogP contribution in [-0.4, -0.2) is 67.1 Å². The van der Waals surface area contributed by atoms with Gasteiger partial charge in [0.15, 0.2) is 17.2 Å². The van der Waals surface area contributed by atoms with Gasteiger partial charge in [-0.25, -0.2) is 14.8 Å². The maximum atomic E-state index is 15.5. The molecule has 1 aliphatic rings. The van der Waals surface area contributed by atoms with Gasteiger partial charge in [0.05, 0.1) is 31.3 Å². The summed E-state index contributed by atoms with van der Waals surface area (Å²) in [6.07, 6.45) is 6.31. The quantitative estimate of drug-likeness (QED) is 0.266. The summed E-state index contributed by atoms with van der Waals surface area (Å²) in [6.45, 7) is 5.97. The molecule has 10 nitrogen and oxygen atoms in total. The highest BCUT2D eigenvalue weighted by atomic mass is 19.3. The largest absolute Gasteiger partial charge is 0.490 e. The van der Waals surface area contributed by atoms with Crippen molar-refractivity contribution >= 4 is 11.7 Å². The molecule has 1 aliphatic heterocycles. The van der Waals surface area contributed by atoms with E-state index in [1.165, 1.54) is 30.6 Å². The molecular formula is C28H31F2N7O3. The summed E-state index contributed by atoms with van der Waals surface area (Å²) in [6, 6.07) is 9.15. The van der Waals surface area contributed by atoms with Crippen LogP contribution in [0.25, 0.3) is 17.0 Å². The molecule has 0 saturated carbocycles. The predicted molar refractivity (Wildman–Crippen MR) is 142 cm³/mol. The lowest BCUT2D eigenvalue weighted by atomic mass is 9.98. The van der Waals surface area contributed by atoms with Crippen molar-refractivity contribution in [2.45, 2.75) is 45.5 Å². The van der Waals surface area contributed by atoms with E-state index < -0.39 is 11.7 Å². The first kappa shape index (κ1) is 27.4. The smallest absolute Gasteiger partial charge is 0.409 e. The lowest BCUT2D eigenvalue weighted by molar-refractivity contribution is 0.0306. The van der Waals surface area contributed by atoms with Crippen LogP contribution in [0.2, 0.25) is 0 Å². The van der Waals surface area contributed by atoms with Crippen LogP contribution < -0.4 is 4.74 Å². The predicted octanol–water partition coefficient (Wildman–Crippen LogP) is 5.06. The molecule has 4 aromatic rings. The van der Waals surface area contributed by atoms with E-state index in [9.17, 15) is 4.79 Å². The number of hydrogen-bond acceptors (Lipinski definition) is 8. The number of carbonyl (C=O) groups excluding carboxylic acids is 1. The molecule has 0 unspecified atom stereocenters. The fraction of sp³-hybridized carbons (Fsp3) is 0.429. The highest BCUT2D eigenvalue weighted by molar-refractivity contribution is 5.67. The molecule has 0 atom stereocenters. The van der Waals surface area contributed by atoms with Crippen molar-refractivity contribution in [1.29, 1.82) is 0 Å². The van der Waals surface area contributed by atoms with Gasteiger partial charge in [-0.2, -0.15) is 18.4 Å². The molecule has 4 heterocycles. The first-order valence-corrected chi connectivity index (χ1v) is 13.4. The van der Waals surface area contributed by atoms with Gasteiger partial charge in [-0.05, 0) is 50.3 Å². The van der Waals surface area contributed by atoms with Gasteiger partial charge in [-0.3, -0.25) is 0 Å². The Morgan fingerprint density at radius 2 is 1.88 bits per heavy atom. The minimum Gasteiger partial charge on any atom is -0.490 e. The van der Waals surface area contributed by atoms with Crippen LogP contribution >= 0.6 is 0 Å². The highest BCUT2D eigenvalue weighted by Crippen LogP contribution is 2.36. The summed E-state index contributed by atoms with van der Waals surface area (Å²) in [7, 11) is 0. The molecule has 0 spiro atoms. The number of halogens is 2. The maximum absolute atomic E-state index is 15.5. The second-order valence-electron chi connectivity index (χ2n) is 9.88. The SMILES string of the molecule is CCCCOC(=O)N1CCC(COc2cnc(-c3cccc(C(F)(F)c4nnc5ccc(C)nn45)c3)nc2)CC1. The minimum atomic E-state index is -3.44. The Bertz CT molecular complexity index is 1450. The molecule has 1 aromatic carbocycles. The maximum Gasteiger partial charge on any atom is 0.409 e. The fourth-order valence-electron chi connectivity index (χ4n) is 4.49. The molecule has 0 aliphatic carbocycles. The van der Waals surface area contributed by atoms with Crippen LogP contribution in [0.15, 0.2) is 48.8 Å². The first-order valence-electron chi connectivity index (χ1n) is 13.4. The van der Waals surface area contributed by atoms with Gasteiger partial charge in [-0.15, -0.1) is 10.2 Å². The van der Waals surface area contributed by atoms with Crippen LogP contribution in [0, 0.1) is 12.8 Å². The summed E-state index contributed by atoms with van der Waals surface area (Å²) >= 11 is 0. The molecule has 0 radical (unpaired) electrons. The summed E-state index contributed by atoms with van der Waals surface area (Å²) in [5.74, 6) is -2.93. The van der Waals surface area contributed by atoms with Crippen LogP contribution in [0.4, 0.5) is 13.6 Å². The van der Waals surface area contributed by atoms with Crippen LogP contribution in [-0.2, 0) is 10.7 Å². The molecule has 1 saturated heterocycles. The third kappa shape index (κ3) is 6.00. The second kappa shape index (κ2) is 11.9. The number of carbonyl (C=O) groups is 1. The van der Waals surface area contributed by atoms with Crippen molar-refractivity contribution in [2.24, 2.45) is 5.92 Å². The number of fused-ring (bicyclic) bond motifs is 1. The lowest BCUT2D eigenvalue weighted by Gasteiger charge is -2.31. The Balaban J connectivity index is 1.19. The summed E-state index contributed by atoms with van der Waals surface area (Å²) in [4.78, 5) is 22.5. The number of hydrogen-bond donors (Lipinski definition) is 0. The number of alkyl halides is 2. The van der Waals surface area contributed by atoms with E-state index in [-0.39, 0.29) is 17.3 Å². The number of ether oxygens (including phenoxy) is 2. The van der Waals surface area contributed by atoms with Crippen molar-refractivity contribution < 1.29 is 23.0 Å². The number of rotatable bonds is 9. The normalized spacial score (nSPS) is 14.4. The number of benzene rings is 1. The Kier molecular flexibility index (Phi) is 8.13. The molecule has 1 fully saturated rings. The Morgan fingerprint density at radius 3 is 2.62 bits per heavy atom. The number of piperidine rings is 1. The van der Waals surface area contributed by atoms with Gasteiger partial charge >= 0.3 is 12.0 Å². The van der Waals surface area contributed by atoms with E-state index in [4.69, 9.17) is 9.47 Å². The van der Waals surface area contributed by atoms with Crippen LogP contribution in [0.5, 0.6) is 5.75 Å². The number of aromatic nitrogens is 6. The van der Waals surface area contributed by atoms with Gasteiger partial charge in [0.1, 0.15) is 0 Å². The average molecular weight is 552 g/mol. The van der Waals surface area contributed by atoms with Gasteiger partial charge in [0, 0.05) is 24.2 Å². The van der Waals surface area contributed by atoms with E-state index in [0.717, 1.165) is 30.2 Å². The Hall–Kier alpha value is -4.22. The molecule has 0 bridgehead atoms. The van der Waals surface area contributed by atoms with Crippen LogP contribution in [0.1, 0.15) is 49.7 Å². The van der Waals surface area contributed by atoms with E-state index in [0.29, 0.717) is 55.1 Å². The van der Waals surface area contributed by atoms with Crippen molar-refractivity contribution in [1.82, 2.24) is 34.7 Å². The standard InChI is InChI=1S/C28H31F2N7O3/c1-3-4-14-39-27(38)36-12-10-20(11-13-36)18-40-23-16-31-25(32-17-23)21-6-5-7-22(15-21)28(29,30)26-34-33-24-9-8-19(2)35-37(24)26/h5-9,15-17,20H,3-4,10-14,18H2,1-2H3.